The largest absolute Gasteiger partial charge is 0.378 e. The molecule has 0 aromatic heterocycles. The van der Waals surface area contributed by atoms with E-state index < -0.39 is 0 Å². The lowest BCUT2D eigenvalue weighted by Crippen LogP contribution is -2.50. The Morgan fingerprint density at radius 1 is 1.50 bits per heavy atom. The van der Waals surface area contributed by atoms with E-state index >= 15 is 0 Å². The summed E-state index contributed by atoms with van der Waals surface area (Å²) in [4.78, 5) is 2.52. The summed E-state index contributed by atoms with van der Waals surface area (Å²) >= 11 is 0. The summed E-state index contributed by atoms with van der Waals surface area (Å²) in [6.07, 6.45) is 1.22. The van der Waals surface area contributed by atoms with Crippen molar-refractivity contribution in [3.63, 3.8) is 0 Å². The van der Waals surface area contributed by atoms with Crippen molar-refractivity contribution in [2.45, 2.75) is 39.3 Å². The third-order valence-corrected chi connectivity index (χ3v) is 3.07. The van der Waals surface area contributed by atoms with Crippen LogP contribution in [-0.4, -0.2) is 49.8 Å². The van der Waals surface area contributed by atoms with E-state index in [9.17, 15) is 0 Å². The molecule has 0 bridgehead atoms. The molecule has 1 heterocycles. The van der Waals surface area contributed by atoms with Gasteiger partial charge in [-0.15, -0.1) is 0 Å². The van der Waals surface area contributed by atoms with Gasteiger partial charge in [-0.2, -0.15) is 0 Å². The van der Waals surface area contributed by atoms with Gasteiger partial charge < -0.3 is 10.1 Å². The van der Waals surface area contributed by atoms with Crippen LogP contribution in [0.2, 0.25) is 0 Å². The Bertz CT molecular complexity index is 146. The molecule has 14 heavy (non-hydrogen) atoms. The fourth-order valence-corrected chi connectivity index (χ4v) is 1.90. The van der Waals surface area contributed by atoms with Crippen LogP contribution in [0.5, 0.6) is 0 Å². The smallest absolute Gasteiger partial charge is 0.0632 e. The minimum absolute atomic E-state index is 0.526. The first kappa shape index (κ1) is 12.0. The zero-order chi connectivity index (χ0) is 10.4. The van der Waals surface area contributed by atoms with Gasteiger partial charge in [-0.3, -0.25) is 4.90 Å². The van der Waals surface area contributed by atoms with Gasteiger partial charge in [0.1, 0.15) is 0 Å². The van der Waals surface area contributed by atoms with E-state index in [1.807, 2.05) is 0 Å². The van der Waals surface area contributed by atoms with Crippen molar-refractivity contribution in [1.82, 2.24) is 10.2 Å². The van der Waals surface area contributed by atoms with Crippen LogP contribution in [-0.2, 0) is 4.74 Å². The summed E-state index contributed by atoms with van der Waals surface area (Å²) < 4.78 is 5.45. The second-order valence-corrected chi connectivity index (χ2v) is 4.07. The van der Waals surface area contributed by atoms with Gasteiger partial charge in [0.15, 0.2) is 0 Å². The van der Waals surface area contributed by atoms with Gasteiger partial charge in [0.05, 0.1) is 13.2 Å². The van der Waals surface area contributed by atoms with Crippen molar-refractivity contribution in [3.05, 3.63) is 0 Å². The van der Waals surface area contributed by atoms with Crippen LogP contribution in [0.3, 0.4) is 0 Å². The molecule has 1 aliphatic rings. The summed E-state index contributed by atoms with van der Waals surface area (Å²) in [5.74, 6) is 0. The molecule has 0 saturated carbocycles. The Balaban J connectivity index is 2.30. The average Bonchev–Trinajstić information content (AvgIpc) is 2.26. The molecule has 1 saturated heterocycles. The van der Waals surface area contributed by atoms with Gasteiger partial charge in [-0.1, -0.05) is 13.8 Å². The topological polar surface area (TPSA) is 24.5 Å². The molecule has 1 fully saturated rings. The van der Waals surface area contributed by atoms with Crippen molar-refractivity contribution in [1.29, 1.82) is 0 Å². The Kier molecular flexibility index (Phi) is 5.45. The molecule has 0 radical (unpaired) electrons. The van der Waals surface area contributed by atoms with Crippen LogP contribution < -0.4 is 5.32 Å². The van der Waals surface area contributed by atoms with E-state index in [1.54, 1.807) is 0 Å². The monoisotopic (exact) mass is 200 g/mol. The number of nitrogens with one attached hydrogen (secondary N) is 1. The third-order valence-electron chi connectivity index (χ3n) is 3.07. The van der Waals surface area contributed by atoms with E-state index in [4.69, 9.17) is 4.74 Å². The van der Waals surface area contributed by atoms with Gasteiger partial charge in [-0.05, 0) is 19.9 Å². The first-order valence-electron chi connectivity index (χ1n) is 5.83. The normalized spacial score (nSPS) is 25.3. The molecule has 2 atom stereocenters. The average molecular weight is 200 g/mol. The number of morpholine rings is 1. The Labute approximate surface area is 87.8 Å². The lowest BCUT2D eigenvalue weighted by molar-refractivity contribution is 0.0562. The maximum atomic E-state index is 5.45. The minimum Gasteiger partial charge on any atom is -0.378 e. The Morgan fingerprint density at radius 2 is 2.29 bits per heavy atom. The molecule has 0 amide bonds. The molecule has 1 N–H and O–H groups in total. The van der Waals surface area contributed by atoms with Crippen LogP contribution >= 0.6 is 0 Å². The van der Waals surface area contributed by atoms with E-state index in [-0.39, 0.29) is 0 Å². The molecular weight excluding hydrogens is 176 g/mol. The summed E-state index contributed by atoms with van der Waals surface area (Å²) in [7, 11) is 0. The molecule has 84 valence electrons. The molecule has 0 spiro atoms. The zero-order valence-corrected chi connectivity index (χ0v) is 9.75. The lowest BCUT2D eigenvalue weighted by atomic mass is 10.2. The predicted octanol–water partition coefficient (Wildman–Crippen LogP) is 1.10. The van der Waals surface area contributed by atoms with E-state index in [0.717, 1.165) is 32.8 Å². The third kappa shape index (κ3) is 3.56. The maximum Gasteiger partial charge on any atom is 0.0632 e. The molecule has 1 aliphatic heterocycles. The molecule has 1 rings (SSSR count). The Morgan fingerprint density at radius 3 is 2.79 bits per heavy atom. The molecule has 2 unspecified atom stereocenters. The summed E-state index contributed by atoms with van der Waals surface area (Å²) in [6, 6.07) is 1.21. The highest BCUT2D eigenvalue weighted by atomic mass is 16.5. The Hall–Kier alpha value is -0.120. The standard InChI is InChI=1S/C11H24N2O/c1-4-10(3)13(5-2)8-11-9-14-7-6-12-11/h10-12H,4-9H2,1-3H3. The van der Waals surface area contributed by atoms with Crippen LogP contribution in [0.4, 0.5) is 0 Å². The summed E-state index contributed by atoms with van der Waals surface area (Å²) in [5, 5.41) is 3.50. The minimum atomic E-state index is 0.526. The van der Waals surface area contributed by atoms with Gasteiger partial charge in [0.25, 0.3) is 0 Å². The van der Waals surface area contributed by atoms with Gasteiger partial charge in [0.2, 0.25) is 0 Å². The number of nitrogens with zero attached hydrogens (tertiary/aromatic N) is 1. The molecule has 3 heteroatoms. The van der Waals surface area contributed by atoms with E-state index in [1.165, 1.54) is 6.42 Å². The van der Waals surface area contributed by atoms with Crippen LogP contribution in [0, 0.1) is 0 Å². The second kappa shape index (κ2) is 6.38. The second-order valence-electron chi connectivity index (χ2n) is 4.07. The van der Waals surface area contributed by atoms with Gasteiger partial charge in [-0.25, -0.2) is 0 Å². The highest BCUT2D eigenvalue weighted by molar-refractivity contribution is 4.76. The van der Waals surface area contributed by atoms with Crippen molar-refractivity contribution in [2.75, 3.05) is 32.8 Å². The molecular formula is C11H24N2O. The van der Waals surface area contributed by atoms with Crippen molar-refractivity contribution < 1.29 is 4.74 Å². The predicted molar refractivity (Wildman–Crippen MR) is 59.6 cm³/mol. The van der Waals surface area contributed by atoms with Gasteiger partial charge >= 0.3 is 0 Å². The van der Waals surface area contributed by atoms with Crippen LogP contribution in [0.1, 0.15) is 27.2 Å². The molecule has 0 aliphatic carbocycles. The first-order valence-corrected chi connectivity index (χ1v) is 5.83. The van der Waals surface area contributed by atoms with Crippen LogP contribution in [0.25, 0.3) is 0 Å². The summed E-state index contributed by atoms with van der Waals surface area (Å²) in [5.41, 5.74) is 0. The maximum absolute atomic E-state index is 5.45. The number of rotatable bonds is 5. The SMILES string of the molecule is CCC(C)N(CC)CC1COCCN1. The fourth-order valence-electron chi connectivity index (χ4n) is 1.90. The number of likely N-dealkylation sites (N-methyl/N-ethyl adjacent to an activating group) is 1. The summed E-state index contributed by atoms with van der Waals surface area (Å²) in [6.45, 7) is 11.8. The van der Waals surface area contributed by atoms with Crippen molar-refractivity contribution >= 4 is 0 Å². The number of hydrogen-bond acceptors (Lipinski definition) is 3. The highest BCUT2D eigenvalue weighted by Gasteiger charge is 2.18. The molecule has 3 nitrogen and oxygen atoms in total. The van der Waals surface area contributed by atoms with Gasteiger partial charge in [0, 0.05) is 25.2 Å². The molecule has 0 aromatic rings. The number of hydrogen-bond donors (Lipinski definition) is 1. The quantitative estimate of drug-likeness (QED) is 0.719. The van der Waals surface area contributed by atoms with Crippen molar-refractivity contribution in [3.8, 4) is 0 Å². The van der Waals surface area contributed by atoms with Crippen LogP contribution in [0.15, 0.2) is 0 Å². The first-order chi connectivity index (χ1) is 6.77. The van der Waals surface area contributed by atoms with E-state index in [2.05, 4.69) is 31.0 Å². The fraction of sp³-hybridized carbons (Fsp3) is 1.00. The van der Waals surface area contributed by atoms with Crippen molar-refractivity contribution in [2.24, 2.45) is 0 Å². The number of ether oxygens (including phenoxy) is 1. The lowest BCUT2D eigenvalue weighted by Gasteiger charge is -2.33. The highest BCUT2D eigenvalue weighted by Crippen LogP contribution is 2.05. The van der Waals surface area contributed by atoms with E-state index in [0.29, 0.717) is 12.1 Å². The zero-order valence-electron chi connectivity index (χ0n) is 9.75. The molecule has 0 aromatic carbocycles.